The number of methoxy groups -OCH3 is 1. The normalized spacial score (nSPS) is 19.2. The standard InChI is InChI=1S/C13H17NO2/c1-9-13-8-12(16-3)5-4-11(13)6-7-14(9)10(2)15/h4-5,8-9H,6-7H2,1-3H3. The second-order valence-electron chi connectivity index (χ2n) is 4.20. The van der Waals surface area contributed by atoms with Crippen molar-refractivity contribution in [3.05, 3.63) is 29.3 Å². The number of hydrogen-bond acceptors (Lipinski definition) is 2. The molecule has 3 heteroatoms. The second kappa shape index (κ2) is 4.16. The molecule has 1 heterocycles. The molecule has 1 atom stereocenters. The molecule has 1 aromatic carbocycles. The minimum Gasteiger partial charge on any atom is -0.497 e. The number of carbonyl (C=O) groups excluding carboxylic acids is 1. The zero-order valence-electron chi connectivity index (χ0n) is 9.99. The van der Waals surface area contributed by atoms with E-state index in [9.17, 15) is 4.79 Å². The molecule has 3 nitrogen and oxygen atoms in total. The minimum absolute atomic E-state index is 0.140. The molecule has 16 heavy (non-hydrogen) atoms. The molecule has 0 spiro atoms. The third-order valence-corrected chi connectivity index (χ3v) is 3.30. The zero-order valence-corrected chi connectivity index (χ0v) is 9.99. The number of rotatable bonds is 1. The lowest BCUT2D eigenvalue weighted by atomic mass is 9.93. The van der Waals surface area contributed by atoms with Gasteiger partial charge < -0.3 is 9.64 Å². The number of carbonyl (C=O) groups is 1. The van der Waals surface area contributed by atoms with Gasteiger partial charge in [-0.1, -0.05) is 6.07 Å². The summed E-state index contributed by atoms with van der Waals surface area (Å²) in [6.07, 6.45) is 0.934. The number of ether oxygens (including phenoxy) is 1. The molecule has 1 unspecified atom stereocenters. The van der Waals surface area contributed by atoms with Crippen LogP contribution < -0.4 is 4.74 Å². The molecule has 1 aromatic rings. The summed E-state index contributed by atoms with van der Waals surface area (Å²) < 4.78 is 5.22. The van der Waals surface area contributed by atoms with Gasteiger partial charge in [0.15, 0.2) is 0 Å². The fourth-order valence-electron chi connectivity index (χ4n) is 2.35. The molecule has 0 saturated heterocycles. The average molecular weight is 219 g/mol. The maximum absolute atomic E-state index is 11.5. The first-order valence-corrected chi connectivity index (χ1v) is 5.57. The smallest absolute Gasteiger partial charge is 0.219 e. The van der Waals surface area contributed by atoms with E-state index in [0.29, 0.717) is 0 Å². The van der Waals surface area contributed by atoms with Crippen molar-refractivity contribution in [2.75, 3.05) is 13.7 Å². The maximum atomic E-state index is 11.5. The van der Waals surface area contributed by atoms with Crippen molar-refractivity contribution in [3.8, 4) is 5.75 Å². The van der Waals surface area contributed by atoms with Crippen LogP contribution in [-0.2, 0) is 11.2 Å². The van der Waals surface area contributed by atoms with Crippen LogP contribution in [-0.4, -0.2) is 24.5 Å². The Labute approximate surface area is 96.0 Å². The van der Waals surface area contributed by atoms with Gasteiger partial charge in [0.1, 0.15) is 5.75 Å². The van der Waals surface area contributed by atoms with E-state index in [0.717, 1.165) is 18.7 Å². The third kappa shape index (κ3) is 1.77. The minimum atomic E-state index is 0.140. The molecular formula is C13H17NO2. The van der Waals surface area contributed by atoms with E-state index in [4.69, 9.17) is 4.74 Å². The Kier molecular flexibility index (Phi) is 2.86. The quantitative estimate of drug-likeness (QED) is 0.724. The number of fused-ring (bicyclic) bond motifs is 1. The molecule has 0 radical (unpaired) electrons. The van der Waals surface area contributed by atoms with Crippen LogP contribution in [0.25, 0.3) is 0 Å². The largest absolute Gasteiger partial charge is 0.497 e. The lowest BCUT2D eigenvalue weighted by Crippen LogP contribution is -2.37. The van der Waals surface area contributed by atoms with E-state index in [-0.39, 0.29) is 11.9 Å². The van der Waals surface area contributed by atoms with E-state index in [1.807, 2.05) is 17.0 Å². The molecule has 0 N–H and O–H groups in total. The van der Waals surface area contributed by atoms with E-state index in [1.165, 1.54) is 11.1 Å². The summed E-state index contributed by atoms with van der Waals surface area (Å²) in [5, 5.41) is 0. The van der Waals surface area contributed by atoms with Crippen molar-refractivity contribution in [2.45, 2.75) is 26.3 Å². The Morgan fingerprint density at radius 2 is 2.25 bits per heavy atom. The number of amides is 1. The van der Waals surface area contributed by atoms with Gasteiger partial charge in [-0.05, 0) is 36.6 Å². The Bertz CT molecular complexity index is 414. The Balaban J connectivity index is 2.38. The van der Waals surface area contributed by atoms with Crippen LogP contribution in [0.1, 0.15) is 31.0 Å². The predicted molar refractivity (Wildman–Crippen MR) is 62.5 cm³/mol. The number of benzene rings is 1. The van der Waals surface area contributed by atoms with E-state index >= 15 is 0 Å². The highest BCUT2D eigenvalue weighted by molar-refractivity contribution is 5.74. The van der Waals surface area contributed by atoms with Crippen LogP contribution >= 0.6 is 0 Å². The Morgan fingerprint density at radius 3 is 2.88 bits per heavy atom. The van der Waals surface area contributed by atoms with Crippen LogP contribution in [0.3, 0.4) is 0 Å². The molecule has 0 aromatic heterocycles. The van der Waals surface area contributed by atoms with E-state index in [1.54, 1.807) is 14.0 Å². The average Bonchev–Trinajstić information content (AvgIpc) is 2.28. The van der Waals surface area contributed by atoms with E-state index < -0.39 is 0 Å². The lowest BCUT2D eigenvalue weighted by molar-refractivity contribution is -0.131. The van der Waals surface area contributed by atoms with Crippen molar-refractivity contribution >= 4 is 5.91 Å². The van der Waals surface area contributed by atoms with Gasteiger partial charge >= 0.3 is 0 Å². The Morgan fingerprint density at radius 1 is 1.50 bits per heavy atom. The van der Waals surface area contributed by atoms with Crippen molar-refractivity contribution < 1.29 is 9.53 Å². The molecule has 2 rings (SSSR count). The lowest BCUT2D eigenvalue weighted by Gasteiger charge is -2.34. The molecular weight excluding hydrogens is 202 g/mol. The summed E-state index contributed by atoms with van der Waals surface area (Å²) in [5.41, 5.74) is 2.53. The summed E-state index contributed by atoms with van der Waals surface area (Å²) in [5.74, 6) is 0.997. The van der Waals surface area contributed by atoms with Crippen LogP contribution in [0.4, 0.5) is 0 Å². The molecule has 1 aliphatic heterocycles. The van der Waals surface area contributed by atoms with Crippen molar-refractivity contribution in [3.63, 3.8) is 0 Å². The second-order valence-corrected chi connectivity index (χ2v) is 4.20. The first-order valence-electron chi connectivity index (χ1n) is 5.57. The molecule has 1 aliphatic rings. The van der Waals surface area contributed by atoms with Gasteiger partial charge in [0.2, 0.25) is 5.91 Å². The topological polar surface area (TPSA) is 29.5 Å². The SMILES string of the molecule is COc1ccc2c(c1)C(C)N(C(C)=O)CC2. The molecule has 0 aliphatic carbocycles. The first-order chi connectivity index (χ1) is 7.63. The summed E-state index contributed by atoms with van der Waals surface area (Å²) in [6, 6.07) is 6.27. The fourth-order valence-corrected chi connectivity index (χ4v) is 2.35. The van der Waals surface area contributed by atoms with Gasteiger partial charge in [-0.2, -0.15) is 0 Å². The highest BCUT2D eigenvalue weighted by atomic mass is 16.5. The van der Waals surface area contributed by atoms with Gasteiger partial charge in [0.05, 0.1) is 13.2 Å². The van der Waals surface area contributed by atoms with Crippen LogP contribution in [0, 0.1) is 0 Å². The summed E-state index contributed by atoms with van der Waals surface area (Å²) >= 11 is 0. The van der Waals surface area contributed by atoms with Crippen LogP contribution in [0.2, 0.25) is 0 Å². The third-order valence-electron chi connectivity index (χ3n) is 3.30. The fraction of sp³-hybridized carbons (Fsp3) is 0.462. The number of hydrogen-bond donors (Lipinski definition) is 0. The summed E-state index contributed by atoms with van der Waals surface area (Å²) in [7, 11) is 1.66. The van der Waals surface area contributed by atoms with Gasteiger partial charge in [0.25, 0.3) is 0 Å². The molecule has 86 valence electrons. The molecule has 0 bridgehead atoms. The molecule has 0 fully saturated rings. The highest BCUT2D eigenvalue weighted by Gasteiger charge is 2.25. The number of nitrogens with zero attached hydrogens (tertiary/aromatic N) is 1. The Hall–Kier alpha value is -1.51. The maximum Gasteiger partial charge on any atom is 0.219 e. The van der Waals surface area contributed by atoms with Gasteiger partial charge in [0, 0.05) is 13.5 Å². The van der Waals surface area contributed by atoms with Crippen LogP contribution in [0.5, 0.6) is 5.75 Å². The van der Waals surface area contributed by atoms with Gasteiger partial charge in [-0.3, -0.25) is 4.79 Å². The first kappa shape index (κ1) is 11.0. The van der Waals surface area contributed by atoms with E-state index in [2.05, 4.69) is 13.0 Å². The van der Waals surface area contributed by atoms with Gasteiger partial charge in [-0.25, -0.2) is 0 Å². The van der Waals surface area contributed by atoms with Crippen molar-refractivity contribution in [2.24, 2.45) is 0 Å². The molecule has 1 amide bonds. The van der Waals surface area contributed by atoms with Crippen molar-refractivity contribution in [1.82, 2.24) is 4.90 Å². The summed E-state index contributed by atoms with van der Waals surface area (Å²) in [4.78, 5) is 13.4. The van der Waals surface area contributed by atoms with Crippen molar-refractivity contribution in [1.29, 1.82) is 0 Å². The van der Waals surface area contributed by atoms with Crippen LogP contribution in [0.15, 0.2) is 18.2 Å². The highest BCUT2D eigenvalue weighted by Crippen LogP contribution is 2.31. The summed E-state index contributed by atoms with van der Waals surface area (Å²) in [6.45, 7) is 4.51. The molecule has 0 saturated carbocycles. The monoisotopic (exact) mass is 219 g/mol. The predicted octanol–water partition coefficient (Wildman–Crippen LogP) is 2.16. The zero-order chi connectivity index (χ0) is 11.7. The van der Waals surface area contributed by atoms with Gasteiger partial charge in [-0.15, -0.1) is 0 Å².